The van der Waals surface area contributed by atoms with E-state index in [-0.39, 0.29) is 56.4 Å². The van der Waals surface area contributed by atoms with Crippen LogP contribution in [0.1, 0.15) is 5.56 Å². The summed E-state index contributed by atoms with van der Waals surface area (Å²) in [6.07, 6.45) is 0. The minimum atomic E-state index is -4.26. The fourth-order valence-corrected chi connectivity index (χ4v) is 2.99. The number of hydrogen-bond donors (Lipinski definition) is 5. The van der Waals surface area contributed by atoms with Crippen LogP contribution in [-0.4, -0.2) is 55.5 Å². The maximum Gasteiger partial charge on any atom is 0.296 e. The number of hydrogen-bond acceptors (Lipinski definition) is 7. The Bertz CT molecular complexity index is 882. The largest absolute Gasteiger partial charge is 0.399 e. The summed E-state index contributed by atoms with van der Waals surface area (Å²) in [5.41, 5.74) is 16.9. The van der Waals surface area contributed by atoms with Crippen LogP contribution in [0, 0.1) is 6.92 Å². The molecule has 0 aromatic heterocycles. The number of anilines is 3. The number of nitrogens with two attached hydrogens (primary N) is 3. The van der Waals surface area contributed by atoms with Gasteiger partial charge in [-0.15, -0.1) is 0 Å². The molecule has 0 heterocycles. The van der Waals surface area contributed by atoms with Crippen molar-refractivity contribution < 1.29 is 25.9 Å². The second-order valence-electron chi connectivity index (χ2n) is 4.79. The van der Waals surface area contributed by atoms with Crippen LogP contribution in [0.5, 0.6) is 0 Å². The molecule has 0 saturated carbocycles. The molecule has 0 spiro atoms. The van der Waals surface area contributed by atoms with Crippen LogP contribution in [0.3, 0.4) is 0 Å². The molecule has 0 aliphatic rings. The first-order valence-corrected chi connectivity index (χ1v) is 9.16. The normalized spacial score (nSPS) is 11.0. The van der Waals surface area contributed by atoms with Gasteiger partial charge in [-0.3, -0.25) is 9.11 Å². The predicted octanol–water partition coefficient (Wildman–Crippen LogP) is 0.541. The summed E-state index contributed by atoms with van der Waals surface area (Å²) in [6.45, 7) is 1.72. The Balaban J connectivity index is 0.000000443. The van der Waals surface area contributed by atoms with Gasteiger partial charge in [0.05, 0.1) is 11.4 Å². The van der Waals surface area contributed by atoms with Crippen LogP contribution in [-0.2, 0) is 20.2 Å². The van der Waals surface area contributed by atoms with Crippen molar-refractivity contribution in [2.45, 2.75) is 16.7 Å². The third-order valence-corrected chi connectivity index (χ3v) is 4.58. The van der Waals surface area contributed by atoms with Gasteiger partial charge in [0.2, 0.25) is 0 Å². The molecule has 25 heavy (non-hydrogen) atoms. The molecule has 0 atom stereocenters. The van der Waals surface area contributed by atoms with E-state index in [0.29, 0.717) is 0 Å². The average molecular weight is 398 g/mol. The Morgan fingerprint density at radius 2 is 1.16 bits per heavy atom. The Labute approximate surface area is 168 Å². The van der Waals surface area contributed by atoms with E-state index < -0.39 is 20.2 Å². The van der Waals surface area contributed by atoms with Gasteiger partial charge in [-0.25, -0.2) is 0 Å². The van der Waals surface area contributed by atoms with Gasteiger partial charge in [-0.1, -0.05) is 6.07 Å². The maximum absolute atomic E-state index is 10.7. The third-order valence-electron chi connectivity index (χ3n) is 2.76. The van der Waals surface area contributed by atoms with Crippen LogP contribution in [0.25, 0.3) is 0 Å². The molecule has 12 heteroatoms. The molecule has 133 valence electrons. The van der Waals surface area contributed by atoms with Crippen LogP contribution in [0.15, 0.2) is 46.2 Å². The van der Waals surface area contributed by atoms with Crippen molar-refractivity contribution in [1.82, 2.24) is 0 Å². The van der Waals surface area contributed by atoms with Crippen LogP contribution < -0.4 is 17.2 Å². The van der Waals surface area contributed by atoms with Crippen LogP contribution >= 0.6 is 0 Å². The first kappa shape index (κ1) is 23.7. The van der Waals surface area contributed by atoms with Crippen molar-refractivity contribution in [1.29, 1.82) is 0 Å². The molecule has 9 nitrogen and oxygen atoms in total. The average Bonchev–Trinajstić information content (AvgIpc) is 2.42. The minimum absolute atomic E-state index is 0. The van der Waals surface area contributed by atoms with Crippen LogP contribution in [0.4, 0.5) is 17.1 Å². The summed E-state index contributed by atoms with van der Waals surface area (Å²) in [7, 11) is -8.44. The summed E-state index contributed by atoms with van der Waals surface area (Å²) in [5.74, 6) is 0. The Morgan fingerprint density at radius 1 is 0.760 bits per heavy atom. The van der Waals surface area contributed by atoms with Gasteiger partial charge in [0.15, 0.2) is 0 Å². The number of benzene rings is 2. The zero-order valence-corrected chi connectivity index (χ0v) is 17.2. The minimum Gasteiger partial charge on any atom is -0.399 e. The molecule has 0 aliphatic carbocycles. The standard InChI is InChI=1S/C7H9NO3S.C6H8N2O3S.Na/c1-5-2-3-6(8)7(4-5)12(9,10)11;7-4-1-2-5(8)6(3-4)12(9,10)11;/h2-4H,8H2,1H3,(H,9,10,11);1-3H,7-8H2,(H,9,10,11);. The molecule has 2 rings (SSSR count). The Morgan fingerprint density at radius 3 is 1.52 bits per heavy atom. The Kier molecular flexibility index (Phi) is 8.38. The smallest absolute Gasteiger partial charge is 0.296 e. The van der Waals surface area contributed by atoms with Crippen molar-refractivity contribution >= 4 is 66.9 Å². The van der Waals surface area contributed by atoms with Gasteiger partial charge in [0.1, 0.15) is 9.79 Å². The molecule has 0 saturated heterocycles. The van der Waals surface area contributed by atoms with E-state index in [2.05, 4.69) is 0 Å². The van der Waals surface area contributed by atoms with Gasteiger partial charge in [-0.05, 0) is 42.8 Å². The van der Waals surface area contributed by atoms with Gasteiger partial charge < -0.3 is 17.2 Å². The zero-order valence-electron chi connectivity index (χ0n) is 13.5. The van der Waals surface area contributed by atoms with Crippen molar-refractivity contribution in [3.8, 4) is 0 Å². The van der Waals surface area contributed by atoms with E-state index in [1.54, 1.807) is 13.0 Å². The number of aryl methyl sites for hydroxylation is 1. The van der Waals surface area contributed by atoms with Crippen LogP contribution in [0.2, 0.25) is 0 Å². The first-order valence-electron chi connectivity index (χ1n) is 6.28. The molecule has 8 N–H and O–H groups in total. The fraction of sp³-hybridized carbons (Fsp3) is 0.0769. The van der Waals surface area contributed by atoms with E-state index in [9.17, 15) is 16.8 Å². The second-order valence-corrected chi connectivity index (χ2v) is 7.57. The zero-order chi connectivity index (χ0) is 18.7. The van der Waals surface area contributed by atoms with Gasteiger partial charge in [0, 0.05) is 35.2 Å². The maximum atomic E-state index is 10.7. The SMILES string of the molecule is Cc1ccc(N)c(S(=O)(=O)O)c1.Nc1ccc(N)c(S(=O)(=O)O)c1.[Na]. The predicted molar refractivity (Wildman–Crippen MR) is 96.2 cm³/mol. The van der Waals surface area contributed by atoms with E-state index in [0.717, 1.165) is 11.6 Å². The summed E-state index contributed by atoms with van der Waals surface area (Å²) in [6, 6.07) is 8.31. The topological polar surface area (TPSA) is 187 Å². The molecule has 0 aliphatic heterocycles. The molecule has 0 amide bonds. The number of rotatable bonds is 2. The molecular formula is C13H17N3NaO6S2. The molecule has 1 radical (unpaired) electrons. The summed E-state index contributed by atoms with van der Waals surface area (Å²) >= 11 is 0. The first-order chi connectivity index (χ1) is 10.8. The van der Waals surface area contributed by atoms with Crippen molar-refractivity contribution in [3.63, 3.8) is 0 Å². The van der Waals surface area contributed by atoms with Gasteiger partial charge in [-0.2, -0.15) is 16.8 Å². The van der Waals surface area contributed by atoms with E-state index >= 15 is 0 Å². The summed E-state index contributed by atoms with van der Waals surface area (Å²) < 4.78 is 59.9. The van der Waals surface area contributed by atoms with E-state index in [4.69, 9.17) is 26.3 Å². The van der Waals surface area contributed by atoms with E-state index in [1.165, 1.54) is 24.3 Å². The van der Waals surface area contributed by atoms with Gasteiger partial charge >= 0.3 is 0 Å². The quantitative estimate of drug-likeness (QED) is 0.273. The number of nitrogen functional groups attached to an aromatic ring is 3. The monoisotopic (exact) mass is 398 g/mol. The van der Waals surface area contributed by atoms with Crippen molar-refractivity contribution in [2.75, 3.05) is 17.2 Å². The molecule has 2 aromatic rings. The Hall–Kier alpha value is -1.34. The molecule has 0 fully saturated rings. The van der Waals surface area contributed by atoms with Gasteiger partial charge in [0.25, 0.3) is 20.2 Å². The molecule has 0 bridgehead atoms. The van der Waals surface area contributed by atoms with Crippen molar-refractivity contribution in [3.05, 3.63) is 42.0 Å². The summed E-state index contributed by atoms with van der Waals surface area (Å²) in [4.78, 5) is -0.593. The molecule has 2 aromatic carbocycles. The van der Waals surface area contributed by atoms with Crippen molar-refractivity contribution in [2.24, 2.45) is 0 Å². The van der Waals surface area contributed by atoms with E-state index in [1.807, 2.05) is 0 Å². The molecular weight excluding hydrogens is 381 g/mol. The summed E-state index contributed by atoms with van der Waals surface area (Å²) in [5, 5.41) is 0. The third kappa shape index (κ3) is 7.20. The molecule has 0 unspecified atom stereocenters. The fourth-order valence-electron chi connectivity index (χ4n) is 1.64. The second kappa shape index (κ2) is 8.85.